The molecule has 7 nitrogen and oxygen atoms in total. The molecule has 0 spiro atoms. The van der Waals surface area contributed by atoms with Crippen LogP contribution in [0.5, 0.6) is 0 Å². The summed E-state index contributed by atoms with van der Waals surface area (Å²) in [5.41, 5.74) is 2.11. The zero-order valence-electron chi connectivity index (χ0n) is 17.8. The first-order chi connectivity index (χ1) is 16.4. The fourth-order valence-corrected chi connectivity index (χ4v) is 4.44. The molecule has 0 fully saturated rings. The number of hydrogen-bond donors (Lipinski definition) is 1. The van der Waals surface area contributed by atoms with Crippen LogP contribution in [0.25, 0.3) is 22.4 Å². The lowest BCUT2D eigenvalue weighted by Crippen LogP contribution is -2.22. The molecule has 2 aromatic heterocycles. The van der Waals surface area contributed by atoms with Crippen LogP contribution in [0, 0.1) is 18.6 Å². The Hall–Kier alpha value is -4.05. The van der Waals surface area contributed by atoms with Gasteiger partial charge in [-0.2, -0.15) is 0 Å². The van der Waals surface area contributed by atoms with E-state index in [1.165, 1.54) is 10.6 Å². The van der Waals surface area contributed by atoms with E-state index in [4.69, 9.17) is 0 Å². The zero-order chi connectivity index (χ0) is 23.8. The lowest BCUT2D eigenvalue weighted by molar-refractivity contribution is -0.113. The van der Waals surface area contributed by atoms with E-state index in [0.717, 1.165) is 29.5 Å². The van der Waals surface area contributed by atoms with Crippen LogP contribution in [0.15, 0.2) is 76.7 Å². The van der Waals surface area contributed by atoms with Crippen LogP contribution in [-0.2, 0) is 4.79 Å². The van der Waals surface area contributed by atoms with Gasteiger partial charge in [0.1, 0.15) is 0 Å². The number of rotatable bonds is 5. The average Bonchev–Trinajstić information content (AvgIpc) is 3.25. The zero-order valence-corrected chi connectivity index (χ0v) is 18.6. The summed E-state index contributed by atoms with van der Waals surface area (Å²) in [6.07, 6.45) is 0. The van der Waals surface area contributed by atoms with E-state index in [0.29, 0.717) is 27.5 Å². The summed E-state index contributed by atoms with van der Waals surface area (Å²) in [7, 11) is 0. The maximum atomic E-state index is 13.4. The van der Waals surface area contributed by atoms with Crippen molar-refractivity contribution in [2.24, 2.45) is 0 Å². The predicted molar refractivity (Wildman–Crippen MR) is 127 cm³/mol. The molecule has 34 heavy (non-hydrogen) atoms. The standard InChI is InChI=1S/C24H17F2N5O2S/c1-14-6-2-4-8-19(14)30-22(33)16-7-3-5-9-20(16)31-23(30)28-29-24(31)34-13-21(32)27-15-10-11-17(25)18(26)12-15/h2-12H,13H2,1H3,(H,27,32). The molecule has 5 rings (SSSR count). The molecule has 0 aliphatic heterocycles. The van der Waals surface area contributed by atoms with Crippen molar-refractivity contribution in [3.05, 3.63) is 94.3 Å². The highest BCUT2D eigenvalue weighted by Gasteiger charge is 2.19. The maximum Gasteiger partial charge on any atom is 0.267 e. The summed E-state index contributed by atoms with van der Waals surface area (Å²) in [5.74, 6) is -2.20. The van der Waals surface area contributed by atoms with Crippen LogP contribution in [0.1, 0.15) is 5.56 Å². The molecule has 0 radical (unpaired) electrons. The summed E-state index contributed by atoms with van der Waals surface area (Å²) in [6, 6.07) is 17.7. The Kier molecular flexibility index (Phi) is 5.58. The molecule has 10 heteroatoms. The second kappa shape index (κ2) is 8.71. The number of halogens is 2. The lowest BCUT2D eigenvalue weighted by atomic mass is 10.2. The Labute approximate surface area is 196 Å². The first kappa shape index (κ1) is 21.8. The van der Waals surface area contributed by atoms with Gasteiger partial charge in [-0.05, 0) is 42.8 Å². The molecule has 5 aromatic rings. The van der Waals surface area contributed by atoms with Crippen molar-refractivity contribution in [2.45, 2.75) is 12.1 Å². The fourth-order valence-electron chi connectivity index (χ4n) is 3.70. The lowest BCUT2D eigenvalue weighted by Gasteiger charge is -2.13. The van der Waals surface area contributed by atoms with Gasteiger partial charge >= 0.3 is 0 Å². The number of aryl methyl sites for hydroxylation is 1. The summed E-state index contributed by atoms with van der Waals surface area (Å²) >= 11 is 1.11. The van der Waals surface area contributed by atoms with Gasteiger partial charge in [-0.3, -0.25) is 14.0 Å². The predicted octanol–water partition coefficient (Wildman–Crippen LogP) is 4.35. The number of fused-ring (bicyclic) bond motifs is 3. The quantitative estimate of drug-likeness (QED) is 0.381. The number of carbonyl (C=O) groups excluding carboxylic acids is 1. The summed E-state index contributed by atoms with van der Waals surface area (Å²) in [5, 5.41) is 11.9. The third kappa shape index (κ3) is 3.81. The number of benzene rings is 3. The van der Waals surface area contributed by atoms with Crippen molar-refractivity contribution in [2.75, 3.05) is 11.1 Å². The van der Waals surface area contributed by atoms with E-state index < -0.39 is 17.5 Å². The Balaban J connectivity index is 1.54. The molecule has 170 valence electrons. The van der Waals surface area contributed by atoms with Gasteiger partial charge in [-0.15, -0.1) is 10.2 Å². The smallest absolute Gasteiger partial charge is 0.267 e. The van der Waals surface area contributed by atoms with Crippen LogP contribution in [0.2, 0.25) is 0 Å². The van der Waals surface area contributed by atoms with Crippen molar-refractivity contribution in [1.29, 1.82) is 0 Å². The van der Waals surface area contributed by atoms with E-state index in [1.807, 2.05) is 37.3 Å². The second-order valence-corrected chi connectivity index (χ2v) is 8.47. The molecule has 0 saturated heterocycles. The third-order valence-electron chi connectivity index (χ3n) is 5.29. The molecule has 1 amide bonds. The van der Waals surface area contributed by atoms with Crippen LogP contribution in [-0.4, -0.2) is 30.8 Å². The first-order valence-corrected chi connectivity index (χ1v) is 11.2. The van der Waals surface area contributed by atoms with E-state index in [2.05, 4.69) is 15.5 Å². The highest BCUT2D eigenvalue weighted by Crippen LogP contribution is 2.24. The van der Waals surface area contributed by atoms with Crippen LogP contribution < -0.4 is 10.9 Å². The number of anilines is 1. The minimum Gasteiger partial charge on any atom is -0.325 e. The summed E-state index contributed by atoms with van der Waals surface area (Å²) in [4.78, 5) is 25.8. The van der Waals surface area contributed by atoms with E-state index in [9.17, 15) is 18.4 Å². The number of nitrogens with one attached hydrogen (secondary N) is 1. The molecule has 0 unspecified atom stereocenters. The molecular formula is C24H17F2N5O2S. The molecule has 0 bridgehead atoms. The van der Waals surface area contributed by atoms with Crippen molar-refractivity contribution in [3.8, 4) is 5.69 Å². The van der Waals surface area contributed by atoms with E-state index in [-0.39, 0.29) is 17.0 Å². The molecule has 0 aliphatic rings. The Bertz CT molecular complexity index is 1630. The van der Waals surface area contributed by atoms with Gasteiger partial charge in [0.05, 0.1) is 22.3 Å². The normalized spacial score (nSPS) is 11.3. The second-order valence-electron chi connectivity index (χ2n) is 7.53. The van der Waals surface area contributed by atoms with Gasteiger partial charge in [0, 0.05) is 11.8 Å². The molecule has 1 N–H and O–H groups in total. The van der Waals surface area contributed by atoms with Gasteiger partial charge in [-0.1, -0.05) is 42.1 Å². The number of carbonyl (C=O) groups is 1. The van der Waals surface area contributed by atoms with Crippen LogP contribution in [0.3, 0.4) is 0 Å². The van der Waals surface area contributed by atoms with Gasteiger partial charge in [0.25, 0.3) is 5.56 Å². The first-order valence-electron chi connectivity index (χ1n) is 10.3. The van der Waals surface area contributed by atoms with Crippen LogP contribution >= 0.6 is 11.8 Å². The average molecular weight is 477 g/mol. The van der Waals surface area contributed by atoms with Gasteiger partial charge in [0.2, 0.25) is 11.7 Å². The van der Waals surface area contributed by atoms with E-state index in [1.54, 1.807) is 22.6 Å². The summed E-state index contributed by atoms with van der Waals surface area (Å²) < 4.78 is 29.8. The molecule has 0 atom stereocenters. The molecule has 3 aromatic carbocycles. The molecule has 0 saturated carbocycles. The largest absolute Gasteiger partial charge is 0.325 e. The van der Waals surface area contributed by atoms with Gasteiger partial charge < -0.3 is 5.32 Å². The number of amides is 1. The molecule has 2 heterocycles. The fraction of sp³-hybridized carbons (Fsp3) is 0.0833. The number of para-hydroxylation sites is 2. The molecular weight excluding hydrogens is 460 g/mol. The Morgan fingerprint density at radius 3 is 2.56 bits per heavy atom. The van der Waals surface area contributed by atoms with E-state index >= 15 is 0 Å². The monoisotopic (exact) mass is 477 g/mol. The van der Waals surface area contributed by atoms with Gasteiger partial charge in [0.15, 0.2) is 16.8 Å². The van der Waals surface area contributed by atoms with Crippen LogP contribution in [0.4, 0.5) is 14.5 Å². The highest BCUT2D eigenvalue weighted by atomic mass is 32.2. The van der Waals surface area contributed by atoms with Crippen molar-refractivity contribution < 1.29 is 13.6 Å². The maximum absolute atomic E-state index is 13.4. The highest BCUT2D eigenvalue weighted by molar-refractivity contribution is 7.99. The topological polar surface area (TPSA) is 81.3 Å². The Morgan fingerprint density at radius 2 is 1.76 bits per heavy atom. The van der Waals surface area contributed by atoms with Crippen molar-refractivity contribution in [3.63, 3.8) is 0 Å². The number of thioether (sulfide) groups is 1. The summed E-state index contributed by atoms with van der Waals surface area (Å²) in [6.45, 7) is 1.90. The Morgan fingerprint density at radius 1 is 1.00 bits per heavy atom. The van der Waals surface area contributed by atoms with Crippen molar-refractivity contribution >= 4 is 40.0 Å². The number of nitrogens with zero attached hydrogens (tertiary/aromatic N) is 4. The third-order valence-corrected chi connectivity index (χ3v) is 6.22. The number of hydrogen-bond acceptors (Lipinski definition) is 5. The number of aromatic nitrogens is 4. The van der Waals surface area contributed by atoms with Gasteiger partial charge in [-0.25, -0.2) is 13.3 Å². The molecule has 0 aliphatic carbocycles. The minimum absolute atomic E-state index is 0.0579. The minimum atomic E-state index is -1.05. The SMILES string of the molecule is Cc1ccccc1-n1c(=O)c2ccccc2n2c(SCC(=O)Nc3ccc(F)c(F)c3)nnc12. The van der Waals surface area contributed by atoms with Crippen molar-refractivity contribution in [1.82, 2.24) is 19.2 Å².